The van der Waals surface area contributed by atoms with Gasteiger partial charge >= 0.3 is 0 Å². The highest BCUT2D eigenvalue weighted by atomic mass is 16.5. The average molecular weight is 503 g/mol. The number of amides is 1. The smallest absolute Gasteiger partial charge is 0.253 e. The summed E-state index contributed by atoms with van der Waals surface area (Å²) >= 11 is 0. The second kappa shape index (κ2) is 17.2. The first-order valence-corrected chi connectivity index (χ1v) is 14.7. The van der Waals surface area contributed by atoms with Crippen LogP contribution in [-0.2, 0) is 4.74 Å². The molecule has 0 spiro atoms. The summed E-state index contributed by atoms with van der Waals surface area (Å²) in [6, 6.07) is 9.36. The molecule has 1 aromatic rings. The van der Waals surface area contributed by atoms with E-state index in [4.69, 9.17) is 4.74 Å². The van der Waals surface area contributed by atoms with Gasteiger partial charge in [0.05, 0.1) is 6.10 Å². The van der Waals surface area contributed by atoms with Crippen LogP contribution in [0.15, 0.2) is 24.3 Å². The number of hydrogen-bond donors (Lipinski definition) is 0. The van der Waals surface area contributed by atoms with Gasteiger partial charge in [0, 0.05) is 37.8 Å². The molecule has 2 unspecified atom stereocenters. The molecule has 1 aliphatic heterocycles. The third-order valence-electron chi connectivity index (χ3n) is 7.32. The summed E-state index contributed by atoms with van der Waals surface area (Å²) in [6.45, 7) is 23.3. The molecule has 2 rings (SSSR count). The molecule has 208 valence electrons. The quantitative estimate of drug-likeness (QED) is 0.290. The van der Waals surface area contributed by atoms with Gasteiger partial charge < -0.3 is 9.64 Å². The highest BCUT2D eigenvalue weighted by molar-refractivity contribution is 5.94. The van der Waals surface area contributed by atoms with Crippen LogP contribution in [0.4, 0.5) is 0 Å². The van der Waals surface area contributed by atoms with Gasteiger partial charge in [0.2, 0.25) is 0 Å². The third kappa shape index (κ3) is 12.2. The second-order valence-electron chi connectivity index (χ2n) is 12.1. The van der Waals surface area contributed by atoms with Crippen molar-refractivity contribution in [3.8, 4) is 0 Å². The maximum Gasteiger partial charge on any atom is 0.253 e. The standard InChI is InChI=1S/C17H27NO.C15H31NO/c1-13(2)7-6-12-18(5)17(19)16-10-8-15(9-11-16)14(3)4;1-6-8-16-13(4)10-15(11-14(16)5)17-9-7-12(2)3/h8-11,13-14H,6-7,12H2,1-5H3;12-15H,6-11H2,1-5H3/t;13-,14?,15?/m.0/s1. The van der Waals surface area contributed by atoms with Gasteiger partial charge in [-0.1, -0.05) is 60.6 Å². The summed E-state index contributed by atoms with van der Waals surface area (Å²) in [6.07, 6.45) is 7.61. The van der Waals surface area contributed by atoms with Gasteiger partial charge in [0.25, 0.3) is 5.91 Å². The first-order valence-electron chi connectivity index (χ1n) is 14.7. The molecule has 3 atom stereocenters. The second-order valence-corrected chi connectivity index (χ2v) is 12.1. The van der Waals surface area contributed by atoms with Gasteiger partial charge in [-0.3, -0.25) is 9.69 Å². The van der Waals surface area contributed by atoms with Crippen molar-refractivity contribution in [3.05, 3.63) is 35.4 Å². The van der Waals surface area contributed by atoms with E-state index in [0.717, 1.165) is 31.1 Å². The molecule has 4 nitrogen and oxygen atoms in total. The Kier molecular flexibility index (Phi) is 15.6. The number of carbonyl (C=O) groups is 1. The molecule has 1 amide bonds. The van der Waals surface area contributed by atoms with Crippen LogP contribution in [0.25, 0.3) is 0 Å². The highest BCUT2D eigenvalue weighted by Gasteiger charge is 2.30. The normalized spacial score (nSPS) is 20.5. The topological polar surface area (TPSA) is 32.8 Å². The number of likely N-dealkylation sites (tertiary alicyclic amines) is 1. The molecule has 36 heavy (non-hydrogen) atoms. The number of carbonyl (C=O) groups excluding carboxylic acids is 1. The van der Waals surface area contributed by atoms with Gasteiger partial charge in [-0.15, -0.1) is 0 Å². The SMILES string of the molecule is CC(C)CCCN(C)C(=O)c1ccc(C(C)C)cc1.CCCN1C(C)CC(OCCC(C)C)C[C@@H]1C. The van der Waals surface area contributed by atoms with E-state index >= 15 is 0 Å². The van der Waals surface area contributed by atoms with E-state index in [2.05, 4.69) is 79.3 Å². The zero-order chi connectivity index (χ0) is 27.3. The molecule has 1 aliphatic rings. The Balaban J connectivity index is 0.000000362. The van der Waals surface area contributed by atoms with Crippen molar-refractivity contribution in [3.63, 3.8) is 0 Å². The highest BCUT2D eigenvalue weighted by Crippen LogP contribution is 2.25. The molecule has 1 heterocycles. The number of benzene rings is 1. The zero-order valence-electron chi connectivity index (χ0n) is 25.3. The minimum atomic E-state index is 0.124. The van der Waals surface area contributed by atoms with Crippen molar-refractivity contribution in [1.29, 1.82) is 0 Å². The van der Waals surface area contributed by atoms with Gasteiger partial charge in [0.1, 0.15) is 0 Å². The van der Waals surface area contributed by atoms with E-state index in [9.17, 15) is 4.79 Å². The molecule has 1 saturated heterocycles. The van der Waals surface area contributed by atoms with Gasteiger partial charge in [-0.2, -0.15) is 0 Å². The molecular formula is C32H58N2O2. The maximum absolute atomic E-state index is 12.2. The Hall–Kier alpha value is -1.39. The van der Waals surface area contributed by atoms with Crippen molar-refractivity contribution in [2.75, 3.05) is 26.7 Å². The third-order valence-corrected chi connectivity index (χ3v) is 7.32. The lowest BCUT2D eigenvalue weighted by molar-refractivity contribution is -0.0362. The lowest BCUT2D eigenvalue weighted by Crippen LogP contribution is -2.49. The van der Waals surface area contributed by atoms with Crippen molar-refractivity contribution in [2.24, 2.45) is 11.8 Å². The molecule has 0 saturated carbocycles. The van der Waals surface area contributed by atoms with E-state index < -0.39 is 0 Å². The van der Waals surface area contributed by atoms with E-state index in [-0.39, 0.29) is 5.91 Å². The minimum absolute atomic E-state index is 0.124. The van der Waals surface area contributed by atoms with Gasteiger partial charge in [-0.25, -0.2) is 0 Å². The number of ether oxygens (including phenoxy) is 1. The molecule has 0 N–H and O–H groups in total. The lowest BCUT2D eigenvalue weighted by Gasteiger charge is -2.42. The van der Waals surface area contributed by atoms with Crippen molar-refractivity contribution in [2.45, 2.75) is 125 Å². The fraction of sp³-hybridized carbons (Fsp3) is 0.781. The molecule has 0 aliphatic carbocycles. The fourth-order valence-corrected chi connectivity index (χ4v) is 4.94. The van der Waals surface area contributed by atoms with Crippen LogP contribution in [0.2, 0.25) is 0 Å². The Morgan fingerprint density at radius 1 is 0.972 bits per heavy atom. The van der Waals surface area contributed by atoms with Gasteiger partial charge in [-0.05, 0) is 94.4 Å². The Morgan fingerprint density at radius 3 is 2.00 bits per heavy atom. The molecule has 0 aromatic heterocycles. The van der Waals surface area contributed by atoms with E-state index in [0.29, 0.717) is 30.0 Å². The molecule has 0 bridgehead atoms. The summed E-state index contributed by atoms with van der Waals surface area (Å²) in [7, 11) is 1.89. The predicted molar refractivity (Wildman–Crippen MR) is 156 cm³/mol. The predicted octanol–water partition coefficient (Wildman–Crippen LogP) is 8.02. The number of hydrogen-bond acceptors (Lipinski definition) is 3. The summed E-state index contributed by atoms with van der Waals surface area (Å²) in [5, 5.41) is 0. The average Bonchev–Trinajstić information content (AvgIpc) is 2.81. The Morgan fingerprint density at radius 2 is 1.53 bits per heavy atom. The Labute approximate surface area is 224 Å². The molecule has 4 heteroatoms. The summed E-state index contributed by atoms with van der Waals surface area (Å²) in [4.78, 5) is 16.7. The number of piperidine rings is 1. The van der Waals surface area contributed by atoms with Crippen LogP contribution in [0.1, 0.15) is 123 Å². The molecule has 1 aromatic carbocycles. The van der Waals surface area contributed by atoms with Crippen LogP contribution in [0, 0.1) is 11.8 Å². The van der Waals surface area contributed by atoms with Crippen LogP contribution < -0.4 is 0 Å². The molecule has 1 fully saturated rings. The van der Waals surface area contributed by atoms with Crippen molar-refractivity contribution in [1.82, 2.24) is 9.80 Å². The van der Waals surface area contributed by atoms with Crippen LogP contribution >= 0.6 is 0 Å². The Bertz CT molecular complexity index is 701. The first kappa shape index (κ1) is 32.6. The largest absolute Gasteiger partial charge is 0.378 e. The van der Waals surface area contributed by atoms with E-state index in [1.54, 1.807) is 0 Å². The van der Waals surface area contributed by atoms with Crippen LogP contribution in [-0.4, -0.2) is 60.6 Å². The number of nitrogens with zero attached hydrogens (tertiary/aromatic N) is 2. The van der Waals surface area contributed by atoms with Crippen molar-refractivity contribution >= 4 is 5.91 Å². The number of rotatable bonds is 12. The minimum Gasteiger partial charge on any atom is -0.378 e. The summed E-state index contributed by atoms with van der Waals surface area (Å²) < 4.78 is 6.03. The first-order chi connectivity index (χ1) is 17.0. The maximum atomic E-state index is 12.2. The lowest BCUT2D eigenvalue weighted by atomic mass is 9.94. The fourth-order valence-electron chi connectivity index (χ4n) is 4.94. The molecule has 0 radical (unpaired) electrons. The summed E-state index contributed by atoms with van der Waals surface area (Å²) in [5.41, 5.74) is 2.07. The van der Waals surface area contributed by atoms with Crippen LogP contribution in [0.3, 0.4) is 0 Å². The molecular weight excluding hydrogens is 444 g/mol. The van der Waals surface area contributed by atoms with E-state index in [1.807, 2.05) is 24.1 Å². The van der Waals surface area contributed by atoms with E-state index in [1.165, 1.54) is 44.2 Å². The van der Waals surface area contributed by atoms with Crippen LogP contribution in [0.5, 0.6) is 0 Å². The van der Waals surface area contributed by atoms with Crippen molar-refractivity contribution < 1.29 is 9.53 Å². The van der Waals surface area contributed by atoms with Gasteiger partial charge in [0.15, 0.2) is 0 Å². The zero-order valence-corrected chi connectivity index (χ0v) is 25.3. The monoisotopic (exact) mass is 502 g/mol. The summed E-state index contributed by atoms with van der Waals surface area (Å²) in [5.74, 6) is 2.09.